The van der Waals surface area contributed by atoms with Crippen LogP contribution in [0.3, 0.4) is 0 Å². The van der Waals surface area contributed by atoms with Gasteiger partial charge in [0.1, 0.15) is 0 Å². The highest BCUT2D eigenvalue weighted by Crippen LogP contribution is 2.25. The van der Waals surface area contributed by atoms with E-state index in [-0.39, 0.29) is 5.91 Å². The lowest BCUT2D eigenvalue weighted by Crippen LogP contribution is -2.26. The van der Waals surface area contributed by atoms with Crippen molar-refractivity contribution in [3.63, 3.8) is 0 Å². The van der Waals surface area contributed by atoms with Crippen molar-refractivity contribution in [2.45, 2.75) is 19.8 Å². The molecule has 0 aliphatic carbocycles. The second kappa shape index (κ2) is 5.63. The molecule has 1 atom stereocenters. The van der Waals surface area contributed by atoms with Gasteiger partial charge in [-0.25, -0.2) is 0 Å². The van der Waals surface area contributed by atoms with E-state index in [4.69, 9.17) is 0 Å². The number of aromatic nitrogens is 4. The second-order valence-corrected chi connectivity index (χ2v) is 5.58. The van der Waals surface area contributed by atoms with Crippen LogP contribution in [0.4, 0.5) is 0 Å². The van der Waals surface area contributed by atoms with Crippen molar-refractivity contribution in [1.82, 2.24) is 24.6 Å². The number of aryl methyl sites for hydroxylation is 1. The first-order valence-corrected chi connectivity index (χ1v) is 7.18. The molecule has 2 aromatic rings. The Morgan fingerprint density at radius 1 is 1.38 bits per heavy atom. The monoisotopic (exact) mass is 285 g/mol. The lowest BCUT2D eigenvalue weighted by molar-refractivity contribution is -0.127. The predicted octanol–water partition coefficient (Wildman–Crippen LogP) is 1.29. The molecule has 0 radical (unpaired) electrons. The maximum Gasteiger partial charge on any atom is 0.219 e. The standard InChI is InChI=1S/C15H19N5O/c1-11(21)20-6-3-12(9-20)7-14-15(17-5-4-16-14)13-8-18-19(2)10-13/h4-5,8,10,12H,3,6-7,9H2,1-2H3. The molecular formula is C15H19N5O. The minimum absolute atomic E-state index is 0.157. The summed E-state index contributed by atoms with van der Waals surface area (Å²) < 4.78 is 1.76. The lowest BCUT2D eigenvalue weighted by atomic mass is 10.00. The van der Waals surface area contributed by atoms with Crippen LogP contribution in [0.15, 0.2) is 24.8 Å². The number of amides is 1. The van der Waals surface area contributed by atoms with Crippen molar-refractivity contribution in [1.29, 1.82) is 0 Å². The van der Waals surface area contributed by atoms with Gasteiger partial charge in [0.25, 0.3) is 0 Å². The van der Waals surface area contributed by atoms with Gasteiger partial charge >= 0.3 is 0 Å². The maximum atomic E-state index is 11.4. The summed E-state index contributed by atoms with van der Waals surface area (Å²) in [6.45, 7) is 3.30. The number of hydrogen-bond acceptors (Lipinski definition) is 4. The Morgan fingerprint density at radius 2 is 2.19 bits per heavy atom. The summed E-state index contributed by atoms with van der Waals surface area (Å²) in [5.74, 6) is 0.616. The van der Waals surface area contributed by atoms with Crippen molar-refractivity contribution in [3.05, 3.63) is 30.5 Å². The van der Waals surface area contributed by atoms with E-state index in [1.165, 1.54) is 0 Å². The number of carbonyl (C=O) groups excluding carboxylic acids is 1. The molecule has 0 N–H and O–H groups in total. The second-order valence-electron chi connectivity index (χ2n) is 5.58. The topological polar surface area (TPSA) is 63.9 Å². The molecule has 110 valence electrons. The Bertz CT molecular complexity index is 651. The minimum Gasteiger partial charge on any atom is -0.343 e. The van der Waals surface area contributed by atoms with Gasteiger partial charge in [0.05, 0.1) is 17.6 Å². The zero-order chi connectivity index (χ0) is 14.8. The van der Waals surface area contributed by atoms with Crippen LogP contribution in [-0.4, -0.2) is 43.6 Å². The molecule has 0 spiro atoms. The Hall–Kier alpha value is -2.24. The summed E-state index contributed by atoms with van der Waals surface area (Å²) >= 11 is 0. The van der Waals surface area contributed by atoms with E-state index >= 15 is 0 Å². The number of rotatable bonds is 3. The van der Waals surface area contributed by atoms with Crippen LogP contribution in [0.25, 0.3) is 11.3 Å². The molecule has 3 heterocycles. The van der Waals surface area contributed by atoms with E-state index in [9.17, 15) is 4.79 Å². The Labute approximate surface area is 123 Å². The van der Waals surface area contributed by atoms with Crippen molar-refractivity contribution < 1.29 is 4.79 Å². The smallest absolute Gasteiger partial charge is 0.219 e. The van der Waals surface area contributed by atoms with E-state index in [2.05, 4.69) is 15.1 Å². The zero-order valence-corrected chi connectivity index (χ0v) is 12.4. The molecule has 0 aromatic carbocycles. The van der Waals surface area contributed by atoms with Gasteiger partial charge in [-0.3, -0.25) is 19.4 Å². The van der Waals surface area contributed by atoms with Gasteiger partial charge in [-0.05, 0) is 18.8 Å². The Kier molecular flexibility index (Phi) is 3.68. The van der Waals surface area contributed by atoms with Crippen molar-refractivity contribution in [2.75, 3.05) is 13.1 Å². The molecule has 1 fully saturated rings. The highest BCUT2D eigenvalue weighted by molar-refractivity contribution is 5.73. The number of likely N-dealkylation sites (tertiary alicyclic amines) is 1. The molecule has 1 aliphatic heterocycles. The molecule has 1 aliphatic rings. The molecule has 1 amide bonds. The van der Waals surface area contributed by atoms with Crippen LogP contribution in [-0.2, 0) is 18.3 Å². The molecule has 6 nitrogen and oxygen atoms in total. The normalized spacial score (nSPS) is 18.2. The Balaban J connectivity index is 1.79. The molecule has 2 aromatic heterocycles. The van der Waals surface area contributed by atoms with Crippen LogP contribution >= 0.6 is 0 Å². The number of hydrogen-bond donors (Lipinski definition) is 0. The highest BCUT2D eigenvalue weighted by Gasteiger charge is 2.25. The SMILES string of the molecule is CC(=O)N1CCC(Cc2nccnc2-c2cnn(C)c2)C1. The molecule has 21 heavy (non-hydrogen) atoms. The lowest BCUT2D eigenvalue weighted by Gasteiger charge is -2.14. The van der Waals surface area contributed by atoms with Gasteiger partial charge in [-0.15, -0.1) is 0 Å². The summed E-state index contributed by atoms with van der Waals surface area (Å²) in [6, 6.07) is 0. The van der Waals surface area contributed by atoms with Crippen LogP contribution in [0.1, 0.15) is 19.0 Å². The third-order valence-corrected chi connectivity index (χ3v) is 3.97. The largest absolute Gasteiger partial charge is 0.343 e. The van der Waals surface area contributed by atoms with E-state index in [1.807, 2.05) is 24.3 Å². The van der Waals surface area contributed by atoms with Gasteiger partial charge in [-0.1, -0.05) is 0 Å². The van der Waals surface area contributed by atoms with Crippen molar-refractivity contribution >= 4 is 5.91 Å². The maximum absolute atomic E-state index is 11.4. The first kappa shape index (κ1) is 13.7. The fourth-order valence-electron chi connectivity index (χ4n) is 2.86. The summed E-state index contributed by atoms with van der Waals surface area (Å²) in [7, 11) is 1.89. The fourth-order valence-corrected chi connectivity index (χ4v) is 2.86. The van der Waals surface area contributed by atoms with Crippen molar-refractivity contribution in [2.24, 2.45) is 13.0 Å². The Morgan fingerprint density at radius 3 is 2.86 bits per heavy atom. The fraction of sp³-hybridized carbons (Fsp3) is 0.467. The first-order chi connectivity index (χ1) is 10.1. The third-order valence-electron chi connectivity index (χ3n) is 3.97. The van der Waals surface area contributed by atoms with E-state index < -0.39 is 0 Å². The summed E-state index contributed by atoms with van der Waals surface area (Å²) in [5.41, 5.74) is 2.87. The molecule has 1 saturated heterocycles. The molecule has 0 bridgehead atoms. The summed E-state index contributed by atoms with van der Waals surface area (Å²) in [5, 5.41) is 4.20. The minimum atomic E-state index is 0.157. The summed E-state index contributed by atoms with van der Waals surface area (Å²) in [6.07, 6.45) is 9.08. The predicted molar refractivity (Wildman–Crippen MR) is 78.3 cm³/mol. The van der Waals surface area contributed by atoms with Crippen LogP contribution in [0.5, 0.6) is 0 Å². The third kappa shape index (κ3) is 2.94. The molecule has 3 rings (SSSR count). The quantitative estimate of drug-likeness (QED) is 0.852. The van der Waals surface area contributed by atoms with Crippen LogP contribution < -0.4 is 0 Å². The first-order valence-electron chi connectivity index (χ1n) is 7.18. The molecule has 1 unspecified atom stereocenters. The number of carbonyl (C=O) groups is 1. The average molecular weight is 285 g/mol. The molecular weight excluding hydrogens is 266 g/mol. The van der Waals surface area contributed by atoms with Crippen LogP contribution in [0, 0.1) is 5.92 Å². The van der Waals surface area contributed by atoms with Gasteiger partial charge in [0.2, 0.25) is 5.91 Å². The number of nitrogens with zero attached hydrogens (tertiary/aromatic N) is 5. The van der Waals surface area contributed by atoms with Gasteiger partial charge in [-0.2, -0.15) is 5.10 Å². The van der Waals surface area contributed by atoms with Gasteiger partial charge < -0.3 is 4.90 Å². The van der Waals surface area contributed by atoms with E-state index in [0.717, 1.165) is 42.9 Å². The van der Waals surface area contributed by atoms with E-state index in [0.29, 0.717) is 5.92 Å². The van der Waals surface area contributed by atoms with Crippen LogP contribution in [0.2, 0.25) is 0 Å². The molecule has 0 saturated carbocycles. The summed E-state index contributed by atoms with van der Waals surface area (Å²) in [4.78, 5) is 22.3. The average Bonchev–Trinajstić information content (AvgIpc) is 3.09. The van der Waals surface area contributed by atoms with Gasteiger partial charge in [0.15, 0.2) is 0 Å². The van der Waals surface area contributed by atoms with Crippen molar-refractivity contribution in [3.8, 4) is 11.3 Å². The highest BCUT2D eigenvalue weighted by atomic mass is 16.2. The van der Waals surface area contributed by atoms with Gasteiger partial charge in [0, 0.05) is 51.2 Å². The molecule has 6 heteroatoms. The zero-order valence-electron chi connectivity index (χ0n) is 12.4. The van der Waals surface area contributed by atoms with E-state index in [1.54, 1.807) is 24.0 Å².